The zero-order valence-electron chi connectivity index (χ0n) is 17.5. The number of rotatable bonds is 6. The van der Waals surface area contributed by atoms with Crippen LogP contribution in [0, 0.1) is 12.7 Å². The second kappa shape index (κ2) is 7.94. The van der Waals surface area contributed by atoms with Crippen LogP contribution in [0.3, 0.4) is 0 Å². The maximum atomic E-state index is 14.3. The van der Waals surface area contributed by atoms with Crippen LogP contribution in [-0.4, -0.2) is 26.5 Å². The normalized spacial score (nSPS) is 17.3. The number of nitrogens with zero attached hydrogens (tertiary/aromatic N) is 3. The van der Waals surface area contributed by atoms with Crippen LogP contribution in [-0.2, 0) is 11.3 Å². The molecule has 1 aliphatic carbocycles. The van der Waals surface area contributed by atoms with Crippen molar-refractivity contribution in [3.8, 4) is 0 Å². The Labute approximate surface area is 189 Å². The van der Waals surface area contributed by atoms with Crippen molar-refractivity contribution in [3.05, 3.63) is 69.8 Å². The fraction of sp³-hybridized carbons (Fsp3) is 0.261. The summed E-state index contributed by atoms with van der Waals surface area (Å²) in [6, 6.07) is 5.33. The molecule has 1 saturated carbocycles. The number of benzene rings is 1. The van der Waals surface area contributed by atoms with Crippen LogP contribution < -0.4 is 16.0 Å². The van der Waals surface area contributed by atoms with Gasteiger partial charge in [0.1, 0.15) is 17.5 Å². The molecule has 1 saturated heterocycles. The van der Waals surface area contributed by atoms with E-state index in [1.807, 2.05) is 19.1 Å². The molecule has 0 bridgehead atoms. The van der Waals surface area contributed by atoms with E-state index in [0.717, 1.165) is 35.4 Å². The monoisotopic (exact) mass is 452 g/mol. The summed E-state index contributed by atoms with van der Waals surface area (Å²) in [5, 5.41) is 14.3. The molecule has 3 heterocycles. The smallest absolute Gasteiger partial charge is 0.228 e. The third kappa shape index (κ3) is 3.93. The van der Waals surface area contributed by atoms with Gasteiger partial charge in [0.05, 0.1) is 17.6 Å². The first-order valence-corrected chi connectivity index (χ1v) is 10.8. The molecule has 1 amide bonds. The largest absolute Gasteiger partial charge is 0.367 e. The number of fused-ring (bicyclic) bond motifs is 1. The number of carbonyl (C=O) groups excluding carboxylic acids is 1. The molecule has 164 valence electrons. The van der Waals surface area contributed by atoms with Gasteiger partial charge in [-0.05, 0) is 43.0 Å². The summed E-state index contributed by atoms with van der Waals surface area (Å²) in [7, 11) is 0. The average Bonchev–Trinajstić information content (AvgIpc) is 3.39. The Hall–Kier alpha value is -3.39. The van der Waals surface area contributed by atoms with E-state index in [9.17, 15) is 9.18 Å². The van der Waals surface area contributed by atoms with Gasteiger partial charge in [0.25, 0.3) is 0 Å². The van der Waals surface area contributed by atoms with Crippen LogP contribution in [0.4, 0.5) is 16.0 Å². The summed E-state index contributed by atoms with van der Waals surface area (Å²) in [5.41, 5.74) is 3.98. The van der Waals surface area contributed by atoms with Crippen LogP contribution >= 0.6 is 11.6 Å². The van der Waals surface area contributed by atoms with Crippen molar-refractivity contribution in [2.24, 2.45) is 0 Å². The topological polar surface area (TPSA) is 83.4 Å². The molecule has 5 rings (SSSR count). The number of hydrogen-bond acceptors (Lipinski definition) is 5. The predicted octanol–water partition coefficient (Wildman–Crippen LogP) is 4.43. The van der Waals surface area contributed by atoms with Crippen molar-refractivity contribution in [2.75, 3.05) is 10.6 Å². The van der Waals surface area contributed by atoms with Gasteiger partial charge >= 0.3 is 0 Å². The van der Waals surface area contributed by atoms with Crippen molar-refractivity contribution in [1.82, 2.24) is 19.9 Å². The predicted molar refractivity (Wildman–Crippen MR) is 123 cm³/mol. The van der Waals surface area contributed by atoms with Crippen LogP contribution in [0.5, 0.6) is 0 Å². The van der Waals surface area contributed by atoms with Gasteiger partial charge < -0.3 is 16.0 Å². The van der Waals surface area contributed by atoms with Crippen molar-refractivity contribution in [2.45, 2.75) is 38.8 Å². The molecule has 2 aromatic heterocycles. The molecular formula is C23H22ClFN6O. The summed E-state index contributed by atoms with van der Waals surface area (Å²) < 4.78 is 16.1. The van der Waals surface area contributed by atoms with E-state index in [1.165, 1.54) is 6.07 Å². The molecule has 9 heteroatoms. The standard InChI is InChI=1S/C23H22ClFN6O/c1-12-3-6-18(25)17(22(12)24)11-26-19-9-20(29-16-4-5-16)31-23(30-19)15(10-27-31)7-14-8-21(32)28-13(14)2/h3,6-7,9-10,16,29H,2,4-5,8,11H2,1H3,(H,26,30)(H,28,32)/b14-7+. The lowest BCUT2D eigenvalue weighted by atomic mass is 10.1. The lowest BCUT2D eigenvalue weighted by Gasteiger charge is -2.13. The first-order chi connectivity index (χ1) is 15.4. The van der Waals surface area contributed by atoms with Gasteiger partial charge in [-0.15, -0.1) is 0 Å². The van der Waals surface area contributed by atoms with Gasteiger partial charge in [0.2, 0.25) is 5.91 Å². The summed E-state index contributed by atoms with van der Waals surface area (Å²) in [5.74, 6) is 0.913. The molecule has 3 N–H and O–H groups in total. The third-order valence-corrected chi connectivity index (χ3v) is 6.14. The van der Waals surface area contributed by atoms with Crippen molar-refractivity contribution in [3.63, 3.8) is 0 Å². The Balaban J connectivity index is 1.51. The highest BCUT2D eigenvalue weighted by atomic mass is 35.5. The molecule has 0 atom stereocenters. The maximum absolute atomic E-state index is 14.3. The van der Waals surface area contributed by atoms with Crippen molar-refractivity contribution >= 4 is 40.9 Å². The van der Waals surface area contributed by atoms with Crippen molar-refractivity contribution in [1.29, 1.82) is 0 Å². The molecule has 3 aromatic rings. The number of amides is 1. The van der Waals surface area contributed by atoms with Gasteiger partial charge in [0.15, 0.2) is 5.65 Å². The molecular weight excluding hydrogens is 431 g/mol. The highest BCUT2D eigenvalue weighted by Gasteiger charge is 2.24. The van der Waals surface area contributed by atoms with Gasteiger partial charge in [0, 0.05) is 35.5 Å². The van der Waals surface area contributed by atoms with E-state index in [4.69, 9.17) is 16.6 Å². The van der Waals surface area contributed by atoms with Crippen molar-refractivity contribution < 1.29 is 9.18 Å². The van der Waals surface area contributed by atoms with Gasteiger partial charge in [-0.1, -0.05) is 24.2 Å². The van der Waals surface area contributed by atoms with Crippen LogP contribution in [0.2, 0.25) is 5.02 Å². The van der Waals surface area contributed by atoms with E-state index in [0.29, 0.717) is 33.8 Å². The Morgan fingerprint density at radius 2 is 2.22 bits per heavy atom. The van der Waals surface area contributed by atoms with E-state index >= 15 is 0 Å². The van der Waals surface area contributed by atoms with Gasteiger partial charge in [-0.25, -0.2) is 9.37 Å². The molecule has 1 aliphatic heterocycles. The molecule has 0 radical (unpaired) electrons. The Morgan fingerprint density at radius 3 is 2.94 bits per heavy atom. The average molecular weight is 453 g/mol. The number of aryl methyl sites for hydroxylation is 1. The quantitative estimate of drug-likeness (QED) is 0.515. The Bertz CT molecular complexity index is 1290. The number of aromatic nitrogens is 3. The molecule has 2 fully saturated rings. The number of anilines is 2. The Kier molecular flexibility index (Phi) is 5.09. The van der Waals surface area contributed by atoms with Gasteiger partial charge in [-0.3, -0.25) is 4.79 Å². The second-order valence-electron chi connectivity index (χ2n) is 8.16. The third-order valence-electron chi connectivity index (χ3n) is 5.61. The number of hydrogen-bond donors (Lipinski definition) is 3. The molecule has 0 unspecified atom stereocenters. The molecule has 1 aromatic carbocycles. The maximum Gasteiger partial charge on any atom is 0.228 e. The highest BCUT2D eigenvalue weighted by Crippen LogP contribution is 2.29. The lowest BCUT2D eigenvalue weighted by molar-refractivity contribution is -0.118. The summed E-state index contributed by atoms with van der Waals surface area (Å²) in [4.78, 5) is 16.4. The number of carbonyl (C=O) groups is 1. The van der Waals surface area contributed by atoms with E-state index in [-0.39, 0.29) is 24.7 Å². The fourth-order valence-corrected chi connectivity index (χ4v) is 3.89. The van der Waals surface area contributed by atoms with Gasteiger partial charge in [-0.2, -0.15) is 9.61 Å². The number of nitrogens with one attached hydrogen (secondary N) is 3. The zero-order chi connectivity index (χ0) is 22.4. The summed E-state index contributed by atoms with van der Waals surface area (Å²) >= 11 is 6.32. The molecule has 0 spiro atoms. The molecule has 32 heavy (non-hydrogen) atoms. The minimum Gasteiger partial charge on any atom is -0.367 e. The van der Waals surface area contributed by atoms with Crippen LogP contribution in [0.1, 0.15) is 36.0 Å². The molecule has 7 nitrogen and oxygen atoms in total. The summed E-state index contributed by atoms with van der Waals surface area (Å²) in [6.07, 6.45) is 6.05. The SMILES string of the molecule is C=C1NC(=O)C/C1=C\c1cnn2c(NC3CC3)cc(NCc3c(F)ccc(C)c3Cl)nc12. The number of allylic oxidation sites excluding steroid dienone is 1. The van der Waals surface area contributed by atoms with E-state index in [2.05, 4.69) is 27.6 Å². The van der Waals surface area contributed by atoms with Crippen LogP contribution in [0.15, 0.2) is 42.2 Å². The zero-order valence-corrected chi connectivity index (χ0v) is 18.3. The Morgan fingerprint density at radius 1 is 1.41 bits per heavy atom. The highest BCUT2D eigenvalue weighted by molar-refractivity contribution is 6.32. The summed E-state index contributed by atoms with van der Waals surface area (Å²) in [6.45, 7) is 5.93. The first kappa shape index (κ1) is 20.5. The minimum atomic E-state index is -0.364. The molecule has 2 aliphatic rings. The fourth-order valence-electron chi connectivity index (χ4n) is 3.67. The van der Waals surface area contributed by atoms with E-state index in [1.54, 1.807) is 16.8 Å². The van der Waals surface area contributed by atoms with Crippen LogP contribution in [0.25, 0.3) is 11.7 Å². The lowest BCUT2D eigenvalue weighted by Crippen LogP contribution is -2.11. The second-order valence-corrected chi connectivity index (χ2v) is 8.54. The van der Waals surface area contributed by atoms with E-state index < -0.39 is 0 Å². The first-order valence-electron chi connectivity index (χ1n) is 10.4. The minimum absolute atomic E-state index is 0.0822. The number of halogens is 2.